The van der Waals surface area contributed by atoms with Crippen molar-refractivity contribution >= 4 is 24.0 Å². The van der Waals surface area contributed by atoms with Gasteiger partial charge in [-0.2, -0.15) is 13.2 Å². The van der Waals surface area contributed by atoms with Crippen LogP contribution in [-0.2, 0) is 30.3 Å². The molecule has 39 heavy (non-hydrogen) atoms. The monoisotopic (exact) mass is 559 g/mol. The summed E-state index contributed by atoms with van der Waals surface area (Å²) in [7, 11) is 5.82. The highest BCUT2D eigenvalue weighted by molar-refractivity contribution is 5.89. The van der Waals surface area contributed by atoms with Gasteiger partial charge in [0.15, 0.2) is 23.0 Å². The van der Waals surface area contributed by atoms with Crippen LogP contribution in [0.15, 0.2) is 42.5 Å². The van der Waals surface area contributed by atoms with E-state index in [9.17, 15) is 43.2 Å². The highest BCUT2D eigenvalue weighted by Crippen LogP contribution is 2.27. The molecule has 0 saturated carbocycles. The molecular weight excluding hydrogens is 531 g/mol. The van der Waals surface area contributed by atoms with Crippen LogP contribution in [0.2, 0.25) is 0 Å². The molecule has 0 aliphatic heterocycles. The first-order chi connectivity index (χ1) is 17.9. The first-order valence-corrected chi connectivity index (χ1v) is 11.1. The number of alkyl halides is 3. The average Bonchev–Trinajstić information content (AvgIpc) is 2.80. The van der Waals surface area contributed by atoms with Gasteiger partial charge in [0.2, 0.25) is 6.10 Å². The number of carbonyl (C=O) groups excluding carboxylic acids is 3. The normalized spacial score (nSPS) is 12.3. The largest absolute Gasteiger partial charge is 0.542 e. The number of likely N-dealkylation sites (N-methyl/N-ethyl adjacent to an activating group) is 1. The van der Waals surface area contributed by atoms with Gasteiger partial charge in [0, 0.05) is 12.5 Å². The van der Waals surface area contributed by atoms with Crippen molar-refractivity contribution in [2.45, 2.75) is 18.7 Å². The van der Waals surface area contributed by atoms with Crippen molar-refractivity contribution in [3.63, 3.8) is 0 Å². The second kappa shape index (κ2) is 13.9. The number of esters is 2. The topological polar surface area (TPSA) is 174 Å². The van der Waals surface area contributed by atoms with Gasteiger partial charge in [-0.3, -0.25) is 0 Å². The molecule has 0 aromatic heterocycles. The van der Waals surface area contributed by atoms with E-state index in [0.717, 1.165) is 6.08 Å². The van der Waals surface area contributed by atoms with Crippen molar-refractivity contribution in [1.82, 2.24) is 0 Å². The molecule has 1 unspecified atom stereocenters. The van der Waals surface area contributed by atoms with Crippen LogP contribution in [0.3, 0.4) is 0 Å². The number of aliphatic carboxylic acids is 1. The van der Waals surface area contributed by atoms with Crippen LogP contribution >= 0.6 is 0 Å². The van der Waals surface area contributed by atoms with E-state index in [2.05, 4.69) is 0 Å². The Balaban J connectivity index is 0.000000956. The fourth-order valence-electron chi connectivity index (χ4n) is 2.58. The Morgan fingerprint density at radius 1 is 0.949 bits per heavy atom. The molecule has 0 radical (unpaired) electrons. The number of carboxylic acids is 1. The van der Waals surface area contributed by atoms with E-state index < -0.39 is 30.2 Å². The van der Waals surface area contributed by atoms with Gasteiger partial charge in [-0.05, 0) is 41.5 Å². The maximum Gasteiger partial charge on any atom is 0.430 e. The van der Waals surface area contributed by atoms with E-state index in [0.29, 0.717) is 22.2 Å². The predicted octanol–water partition coefficient (Wildman–Crippen LogP) is 1.22. The van der Waals surface area contributed by atoms with Crippen LogP contribution in [-0.4, -0.2) is 89.4 Å². The van der Waals surface area contributed by atoms with Crippen molar-refractivity contribution < 1.29 is 67.0 Å². The summed E-state index contributed by atoms with van der Waals surface area (Å²) in [6.45, 7) is 0.677. The van der Waals surface area contributed by atoms with Gasteiger partial charge in [-0.1, -0.05) is 12.1 Å². The second-order valence-electron chi connectivity index (χ2n) is 9.00. The summed E-state index contributed by atoms with van der Waals surface area (Å²) in [4.78, 5) is 33.7. The van der Waals surface area contributed by atoms with Gasteiger partial charge >= 0.3 is 18.1 Å². The van der Waals surface area contributed by atoms with Crippen molar-refractivity contribution in [3.05, 3.63) is 53.6 Å². The molecule has 0 aliphatic carbocycles. The van der Waals surface area contributed by atoms with Crippen molar-refractivity contribution in [2.75, 3.05) is 34.3 Å². The van der Waals surface area contributed by atoms with Gasteiger partial charge in [0.05, 0.1) is 21.1 Å². The average molecular weight is 559 g/mol. The quantitative estimate of drug-likeness (QED) is 0.151. The highest BCUT2D eigenvalue weighted by Gasteiger charge is 2.29. The molecule has 1 atom stereocenters. The molecule has 0 amide bonds. The van der Waals surface area contributed by atoms with Crippen molar-refractivity contribution in [3.8, 4) is 23.0 Å². The van der Waals surface area contributed by atoms with Crippen LogP contribution in [0, 0.1) is 0 Å². The maximum atomic E-state index is 12.6. The number of carbonyl (C=O) groups is 3. The molecule has 2 aromatic carbocycles. The van der Waals surface area contributed by atoms with Crippen LogP contribution in [0.25, 0.3) is 6.08 Å². The van der Waals surface area contributed by atoms with Gasteiger partial charge in [-0.25, -0.2) is 9.59 Å². The zero-order valence-electron chi connectivity index (χ0n) is 21.1. The van der Waals surface area contributed by atoms with E-state index >= 15 is 0 Å². The molecule has 4 N–H and O–H groups in total. The van der Waals surface area contributed by atoms with Crippen LogP contribution < -0.4 is 5.11 Å². The molecule has 0 heterocycles. The fourth-order valence-corrected chi connectivity index (χ4v) is 2.58. The molecule has 0 bridgehead atoms. The van der Waals surface area contributed by atoms with E-state index in [1.807, 2.05) is 21.1 Å². The minimum atomic E-state index is -5.19. The number of carboxylic acid groups (broad SMARTS) is 1. The number of benzene rings is 2. The number of nitrogens with zero attached hydrogens (tertiary/aromatic N) is 1. The lowest BCUT2D eigenvalue weighted by molar-refractivity contribution is -0.870. The van der Waals surface area contributed by atoms with Crippen LogP contribution in [0.5, 0.6) is 23.0 Å². The Morgan fingerprint density at radius 3 is 1.97 bits per heavy atom. The first-order valence-electron chi connectivity index (χ1n) is 11.1. The second-order valence-corrected chi connectivity index (χ2v) is 9.00. The number of quaternary nitrogens is 1. The summed E-state index contributed by atoms with van der Waals surface area (Å²) in [6.07, 6.45) is -4.12. The Labute approximate surface area is 221 Å². The lowest BCUT2D eigenvalue weighted by atomic mass is 10.1. The number of halogens is 3. The molecule has 0 saturated heterocycles. The molecule has 0 aliphatic rings. The van der Waals surface area contributed by atoms with E-state index in [-0.39, 0.29) is 36.0 Å². The summed E-state index contributed by atoms with van der Waals surface area (Å²) in [5.41, 5.74) is 0.886. The molecule has 0 spiro atoms. The number of hydrogen-bond donors (Lipinski definition) is 4. The zero-order valence-corrected chi connectivity index (χ0v) is 21.1. The number of phenolic OH excluding ortho intramolecular Hbond substituents is 4. The maximum absolute atomic E-state index is 12.6. The summed E-state index contributed by atoms with van der Waals surface area (Å²) < 4.78 is 42.7. The van der Waals surface area contributed by atoms with Gasteiger partial charge in [0.25, 0.3) is 0 Å². The van der Waals surface area contributed by atoms with Gasteiger partial charge < -0.3 is 44.3 Å². The third-order valence-corrected chi connectivity index (χ3v) is 4.63. The third-order valence-electron chi connectivity index (χ3n) is 4.63. The lowest BCUT2D eigenvalue weighted by Crippen LogP contribution is -2.39. The summed E-state index contributed by atoms with van der Waals surface area (Å²) >= 11 is 0. The Bertz CT molecular complexity index is 1190. The molecule has 2 aromatic rings. The Morgan fingerprint density at radius 2 is 1.49 bits per heavy atom. The molecular formula is C25H28F3NO10. The Hall–Kier alpha value is -4.46. The molecule has 214 valence electrons. The molecule has 2 rings (SSSR count). The number of phenols is 4. The zero-order chi connectivity index (χ0) is 30.0. The Kier molecular flexibility index (Phi) is 11.6. The van der Waals surface area contributed by atoms with Gasteiger partial charge in [0.1, 0.15) is 19.1 Å². The van der Waals surface area contributed by atoms with E-state index in [1.54, 1.807) is 0 Å². The number of aromatic hydroxyl groups is 4. The molecule has 14 heteroatoms. The fraction of sp³-hybridized carbons (Fsp3) is 0.320. The lowest BCUT2D eigenvalue weighted by Gasteiger charge is -2.24. The third kappa shape index (κ3) is 12.6. The molecule has 11 nitrogen and oxygen atoms in total. The standard InChI is InChI=1S/C23H27NO8.C2HF3O2/c1-24(2,3)10-11-31-23(30)21(14-16-5-8-18(26)20(28)13-16)32-22(29)9-6-15-4-7-17(25)19(27)12-15;3-2(4,5)1(6)7/h4-9,12-13,21H,10-11,14H2,1-3H3,(H3-,25,26,27,28,29);(H,6,7). The summed E-state index contributed by atoms with van der Waals surface area (Å²) in [5, 5.41) is 46.8. The van der Waals surface area contributed by atoms with Crippen molar-refractivity contribution in [2.24, 2.45) is 0 Å². The van der Waals surface area contributed by atoms with Crippen LogP contribution in [0.1, 0.15) is 11.1 Å². The number of ether oxygens (including phenoxy) is 2. The minimum Gasteiger partial charge on any atom is -0.542 e. The number of hydrogen-bond acceptors (Lipinski definition) is 10. The number of rotatable bonds is 9. The predicted molar refractivity (Wildman–Crippen MR) is 127 cm³/mol. The summed E-state index contributed by atoms with van der Waals surface area (Å²) in [5.74, 6) is -5.88. The van der Waals surface area contributed by atoms with Gasteiger partial charge in [-0.15, -0.1) is 0 Å². The summed E-state index contributed by atoms with van der Waals surface area (Å²) in [6, 6.07) is 8.03. The molecule has 0 fully saturated rings. The van der Waals surface area contributed by atoms with E-state index in [1.165, 1.54) is 42.5 Å². The highest BCUT2D eigenvalue weighted by atomic mass is 19.4. The SMILES string of the molecule is C[N+](C)(C)CCOC(=O)C(Cc1ccc(O)c(O)c1)OC(=O)/C=C/c1ccc(O)c(O)c1.O=C([O-])C(F)(F)F. The minimum absolute atomic E-state index is 0.0728. The smallest absolute Gasteiger partial charge is 0.430 e. The van der Waals surface area contributed by atoms with Crippen LogP contribution in [0.4, 0.5) is 13.2 Å². The van der Waals surface area contributed by atoms with E-state index in [4.69, 9.17) is 19.4 Å². The first kappa shape index (κ1) is 32.6. The van der Waals surface area contributed by atoms with Crippen molar-refractivity contribution in [1.29, 1.82) is 0 Å².